The van der Waals surface area contributed by atoms with E-state index in [1.165, 1.54) is 0 Å². The summed E-state index contributed by atoms with van der Waals surface area (Å²) in [7, 11) is -3.26. The molecule has 0 spiro atoms. The summed E-state index contributed by atoms with van der Waals surface area (Å²) in [5, 5.41) is 1.85. The van der Waals surface area contributed by atoms with Crippen LogP contribution in [0.25, 0.3) is 0 Å². The van der Waals surface area contributed by atoms with Crippen LogP contribution >= 0.6 is 11.6 Å². The minimum atomic E-state index is -3.26. The molecule has 0 aromatic rings. The molecule has 0 radical (unpaired) electrons. The van der Waals surface area contributed by atoms with E-state index < -0.39 is 21.0 Å². The summed E-state index contributed by atoms with van der Waals surface area (Å²) in [5.74, 6) is -0.357. The van der Waals surface area contributed by atoms with Crippen LogP contribution in [0.3, 0.4) is 0 Å². The van der Waals surface area contributed by atoms with Crippen molar-refractivity contribution in [2.24, 2.45) is 0 Å². The van der Waals surface area contributed by atoms with Gasteiger partial charge in [-0.3, -0.25) is 4.79 Å². The quantitative estimate of drug-likeness (QED) is 0.808. The highest BCUT2D eigenvalue weighted by atomic mass is 35.5. The van der Waals surface area contributed by atoms with Gasteiger partial charge in [-0.2, -0.15) is 0 Å². The van der Waals surface area contributed by atoms with E-state index in [1.807, 2.05) is 0 Å². The lowest BCUT2D eigenvalue weighted by molar-refractivity contribution is -0.120. The molecule has 1 N–H and O–H groups in total. The van der Waals surface area contributed by atoms with Gasteiger partial charge in [-0.15, -0.1) is 0 Å². The Labute approximate surface area is 94.6 Å². The number of nitrogens with one attached hydrogen (secondary N) is 1. The lowest BCUT2D eigenvalue weighted by Crippen LogP contribution is -2.43. The monoisotopic (exact) mass is 251 g/mol. The van der Waals surface area contributed by atoms with Crippen LogP contribution in [-0.2, 0) is 14.6 Å². The van der Waals surface area contributed by atoms with E-state index in [0.29, 0.717) is 12.8 Å². The second-order valence-corrected chi connectivity index (χ2v) is 6.42. The highest BCUT2D eigenvalue weighted by molar-refractivity contribution is 7.92. The standard InChI is InChI=1S/C9H14ClNO3S/c1-7(10)6-11-9(12)8-4-2-3-5-15(8,13)14/h8H,1-6H2,(H,11,12). The molecule has 6 heteroatoms. The number of sulfone groups is 1. The number of rotatable bonds is 3. The molecule has 0 aromatic carbocycles. The first-order chi connectivity index (χ1) is 6.93. The summed E-state index contributed by atoms with van der Waals surface area (Å²) in [6.07, 6.45) is 1.83. The van der Waals surface area contributed by atoms with Gasteiger partial charge in [-0.1, -0.05) is 24.6 Å². The van der Waals surface area contributed by atoms with Crippen molar-refractivity contribution in [1.29, 1.82) is 0 Å². The van der Waals surface area contributed by atoms with Crippen molar-refractivity contribution >= 4 is 27.3 Å². The number of carbonyl (C=O) groups excluding carboxylic acids is 1. The SMILES string of the molecule is C=C(Cl)CNC(=O)C1CCCCS1(=O)=O. The van der Waals surface area contributed by atoms with Gasteiger partial charge >= 0.3 is 0 Å². The van der Waals surface area contributed by atoms with Gasteiger partial charge in [-0.05, 0) is 12.8 Å². The molecule has 0 aromatic heterocycles. The zero-order valence-corrected chi connectivity index (χ0v) is 9.90. The Kier molecular flexibility index (Phi) is 4.16. The zero-order valence-electron chi connectivity index (χ0n) is 8.33. The minimum absolute atomic E-state index is 0.104. The van der Waals surface area contributed by atoms with Gasteiger partial charge in [0.05, 0.1) is 12.3 Å². The third-order valence-corrected chi connectivity index (χ3v) is 4.63. The molecule has 1 rings (SSSR count). The molecule has 1 aliphatic rings. The summed E-state index contributed by atoms with van der Waals surface area (Å²) in [6, 6.07) is 0. The fraction of sp³-hybridized carbons (Fsp3) is 0.667. The molecule has 1 amide bonds. The molecule has 1 fully saturated rings. The third kappa shape index (κ3) is 3.50. The summed E-state index contributed by atoms with van der Waals surface area (Å²) in [5.41, 5.74) is 0. The van der Waals surface area contributed by atoms with Gasteiger partial charge in [0.1, 0.15) is 5.25 Å². The Bertz CT molecular complexity index is 364. The molecule has 1 saturated heterocycles. The summed E-state index contributed by atoms with van der Waals surface area (Å²) < 4.78 is 23.1. The first-order valence-electron chi connectivity index (χ1n) is 4.76. The van der Waals surface area contributed by atoms with E-state index in [1.54, 1.807) is 0 Å². The van der Waals surface area contributed by atoms with Crippen LogP contribution in [0.15, 0.2) is 11.6 Å². The molecule has 4 nitrogen and oxygen atoms in total. The predicted octanol–water partition coefficient (Wildman–Crippen LogP) is 0.822. The van der Waals surface area contributed by atoms with Crippen LogP contribution < -0.4 is 5.32 Å². The molecular weight excluding hydrogens is 238 g/mol. The molecule has 1 aliphatic heterocycles. The third-order valence-electron chi connectivity index (χ3n) is 2.33. The normalized spacial score (nSPS) is 24.5. The maximum absolute atomic E-state index is 11.6. The molecule has 1 unspecified atom stereocenters. The number of hydrogen-bond donors (Lipinski definition) is 1. The average molecular weight is 252 g/mol. The molecule has 86 valence electrons. The maximum Gasteiger partial charge on any atom is 0.238 e. The van der Waals surface area contributed by atoms with Crippen molar-refractivity contribution < 1.29 is 13.2 Å². The largest absolute Gasteiger partial charge is 0.350 e. The van der Waals surface area contributed by atoms with Gasteiger partial charge in [0.25, 0.3) is 0 Å². The van der Waals surface area contributed by atoms with Crippen LogP contribution in [0, 0.1) is 0 Å². The Hall–Kier alpha value is -0.550. The molecule has 1 atom stereocenters. The van der Waals surface area contributed by atoms with Crippen molar-refractivity contribution in [3.63, 3.8) is 0 Å². The van der Waals surface area contributed by atoms with Crippen LogP contribution in [0.4, 0.5) is 0 Å². The van der Waals surface area contributed by atoms with Crippen LogP contribution in [0.2, 0.25) is 0 Å². The van der Waals surface area contributed by atoms with Crippen molar-refractivity contribution in [3.05, 3.63) is 11.6 Å². The molecule has 15 heavy (non-hydrogen) atoms. The molecule has 1 heterocycles. The van der Waals surface area contributed by atoms with Crippen molar-refractivity contribution in [3.8, 4) is 0 Å². The Morgan fingerprint density at radius 3 is 2.67 bits per heavy atom. The lowest BCUT2D eigenvalue weighted by atomic mass is 10.2. The smallest absolute Gasteiger partial charge is 0.238 e. The fourth-order valence-corrected chi connectivity index (χ4v) is 3.44. The Balaban J connectivity index is 2.61. The van der Waals surface area contributed by atoms with E-state index in [4.69, 9.17) is 11.6 Å². The Morgan fingerprint density at radius 1 is 1.47 bits per heavy atom. The van der Waals surface area contributed by atoms with Crippen molar-refractivity contribution in [2.75, 3.05) is 12.3 Å². The van der Waals surface area contributed by atoms with E-state index in [9.17, 15) is 13.2 Å². The highest BCUT2D eigenvalue weighted by Crippen LogP contribution is 2.19. The number of amides is 1. The summed E-state index contributed by atoms with van der Waals surface area (Å²) in [4.78, 5) is 11.5. The minimum Gasteiger partial charge on any atom is -0.350 e. The van der Waals surface area contributed by atoms with Gasteiger partial charge < -0.3 is 5.32 Å². The van der Waals surface area contributed by atoms with Crippen molar-refractivity contribution in [2.45, 2.75) is 24.5 Å². The van der Waals surface area contributed by atoms with Crippen LogP contribution in [-0.4, -0.2) is 31.9 Å². The molecular formula is C9H14ClNO3S. The first kappa shape index (κ1) is 12.5. The van der Waals surface area contributed by atoms with Gasteiger partial charge in [0, 0.05) is 5.03 Å². The Morgan fingerprint density at radius 2 is 2.13 bits per heavy atom. The summed E-state index contributed by atoms with van der Waals surface area (Å²) >= 11 is 5.47. The lowest BCUT2D eigenvalue weighted by Gasteiger charge is -2.21. The second-order valence-electron chi connectivity index (χ2n) is 3.59. The maximum atomic E-state index is 11.6. The van der Waals surface area contributed by atoms with E-state index in [2.05, 4.69) is 11.9 Å². The highest BCUT2D eigenvalue weighted by Gasteiger charge is 2.34. The van der Waals surface area contributed by atoms with E-state index in [-0.39, 0.29) is 17.3 Å². The second kappa shape index (κ2) is 4.99. The van der Waals surface area contributed by atoms with Gasteiger partial charge in [0.2, 0.25) is 5.91 Å². The zero-order chi connectivity index (χ0) is 11.5. The number of halogens is 1. The topological polar surface area (TPSA) is 63.2 Å². The van der Waals surface area contributed by atoms with Gasteiger partial charge in [-0.25, -0.2) is 8.42 Å². The number of carbonyl (C=O) groups is 1. The van der Waals surface area contributed by atoms with E-state index in [0.717, 1.165) is 6.42 Å². The first-order valence-corrected chi connectivity index (χ1v) is 6.85. The molecule has 0 aliphatic carbocycles. The van der Waals surface area contributed by atoms with Crippen LogP contribution in [0.5, 0.6) is 0 Å². The average Bonchev–Trinajstić information content (AvgIpc) is 2.13. The van der Waals surface area contributed by atoms with Gasteiger partial charge in [0.15, 0.2) is 9.84 Å². The number of hydrogen-bond acceptors (Lipinski definition) is 3. The van der Waals surface area contributed by atoms with E-state index >= 15 is 0 Å². The molecule has 0 saturated carbocycles. The predicted molar refractivity (Wildman–Crippen MR) is 59.4 cm³/mol. The van der Waals surface area contributed by atoms with Crippen molar-refractivity contribution in [1.82, 2.24) is 5.32 Å². The molecule has 0 bridgehead atoms. The van der Waals surface area contributed by atoms with Crippen LogP contribution in [0.1, 0.15) is 19.3 Å². The summed E-state index contributed by atoms with van der Waals surface area (Å²) in [6.45, 7) is 3.53. The fourth-order valence-electron chi connectivity index (χ4n) is 1.55.